The first kappa shape index (κ1) is 29.4. The number of rotatable bonds is 10. The Hall–Kier alpha value is -3.54. The predicted molar refractivity (Wildman–Crippen MR) is 145 cm³/mol. The summed E-state index contributed by atoms with van der Waals surface area (Å²) in [6.45, 7) is 6.79. The number of fused-ring (bicyclic) bond motifs is 1. The van der Waals surface area contributed by atoms with E-state index < -0.39 is 39.5 Å². The summed E-state index contributed by atoms with van der Waals surface area (Å²) < 4.78 is 75.9. The van der Waals surface area contributed by atoms with Crippen molar-refractivity contribution in [1.29, 1.82) is 0 Å². The summed E-state index contributed by atoms with van der Waals surface area (Å²) in [5.74, 6) is -2.39. The van der Waals surface area contributed by atoms with E-state index >= 15 is 8.78 Å². The molecule has 0 unspecified atom stereocenters. The monoisotopic (exact) mass is 574 g/mol. The fraction of sp³-hybridized carbons (Fsp3) is 0.310. The van der Waals surface area contributed by atoms with Crippen molar-refractivity contribution >= 4 is 28.3 Å². The molecule has 2 aromatic heterocycles. The Balaban J connectivity index is 1.67. The largest absolute Gasteiger partial charge is 0.598 e. The first-order valence-electron chi connectivity index (χ1n) is 12.5. The lowest BCUT2D eigenvalue weighted by molar-refractivity contribution is -0.142. The standard InChI is InChI=1S/C29H29F3N2O5S/c1-5-37-25(35)13-17-6-7-19(30)14-24(17)39-16-18-12-22(28-21(26(18)31)9-11-38-28)20-8-10-33-23(27(20)32)15-34-40(36)29(2,3)4/h6-12,14,34H,5,13,15-16H2,1-4H3/t40-/m0/s1. The van der Waals surface area contributed by atoms with Crippen LogP contribution in [0.4, 0.5) is 13.2 Å². The molecular formula is C29H29F3N2O5S. The van der Waals surface area contributed by atoms with Gasteiger partial charge in [0.25, 0.3) is 0 Å². The second kappa shape index (κ2) is 12.3. The molecule has 0 aliphatic heterocycles. The van der Waals surface area contributed by atoms with Gasteiger partial charge in [0.15, 0.2) is 5.82 Å². The van der Waals surface area contributed by atoms with Gasteiger partial charge in [-0.3, -0.25) is 9.78 Å². The number of hydrogen-bond donors (Lipinski definition) is 1. The molecule has 4 rings (SSSR count). The zero-order chi connectivity index (χ0) is 29.0. The first-order valence-corrected chi connectivity index (χ1v) is 13.7. The molecular weight excluding hydrogens is 545 g/mol. The van der Waals surface area contributed by atoms with Gasteiger partial charge in [0.2, 0.25) is 0 Å². The summed E-state index contributed by atoms with van der Waals surface area (Å²) in [6.07, 6.45) is 2.54. The van der Waals surface area contributed by atoms with Gasteiger partial charge in [0.05, 0.1) is 36.9 Å². The van der Waals surface area contributed by atoms with E-state index in [2.05, 4.69) is 9.71 Å². The van der Waals surface area contributed by atoms with Crippen LogP contribution in [0.15, 0.2) is 53.3 Å². The zero-order valence-corrected chi connectivity index (χ0v) is 23.3. The van der Waals surface area contributed by atoms with Crippen molar-refractivity contribution in [1.82, 2.24) is 9.71 Å². The van der Waals surface area contributed by atoms with Crippen molar-refractivity contribution < 1.29 is 36.4 Å². The average Bonchev–Trinajstić information content (AvgIpc) is 3.39. The minimum Gasteiger partial charge on any atom is -0.598 e. The van der Waals surface area contributed by atoms with Crippen molar-refractivity contribution in [2.24, 2.45) is 0 Å². The number of aromatic nitrogens is 1. The van der Waals surface area contributed by atoms with Crippen LogP contribution in [-0.2, 0) is 40.5 Å². The third-order valence-corrected chi connectivity index (χ3v) is 7.50. The third-order valence-electron chi connectivity index (χ3n) is 5.98. The summed E-state index contributed by atoms with van der Waals surface area (Å²) in [4.78, 5) is 16.1. The molecule has 0 aliphatic carbocycles. The molecule has 4 aromatic rings. The third kappa shape index (κ3) is 6.60. The van der Waals surface area contributed by atoms with Gasteiger partial charge in [-0.15, -0.1) is 4.72 Å². The summed E-state index contributed by atoms with van der Waals surface area (Å²) in [5, 5.41) is 0.104. The topological polar surface area (TPSA) is 96.7 Å². The lowest BCUT2D eigenvalue weighted by Crippen LogP contribution is -2.39. The lowest BCUT2D eigenvalue weighted by Gasteiger charge is -2.23. The number of pyridine rings is 1. The Morgan fingerprint density at radius 1 is 1.07 bits per heavy atom. The van der Waals surface area contributed by atoms with Gasteiger partial charge in [-0.2, -0.15) is 0 Å². The van der Waals surface area contributed by atoms with E-state index in [1.165, 1.54) is 42.8 Å². The SMILES string of the molecule is CCOC(=O)Cc1ccc(F)cc1OCc1cc(-c2ccnc(CN[S@@+]([O-])C(C)(C)C)c2F)c2occc2c1F. The van der Waals surface area contributed by atoms with Crippen LogP contribution in [0, 0.1) is 17.5 Å². The van der Waals surface area contributed by atoms with Gasteiger partial charge in [-0.25, -0.2) is 13.2 Å². The lowest BCUT2D eigenvalue weighted by atomic mass is 9.99. The Kier molecular flexibility index (Phi) is 9.07. The molecule has 0 spiro atoms. The number of benzene rings is 2. The normalized spacial score (nSPS) is 12.5. The predicted octanol–water partition coefficient (Wildman–Crippen LogP) is 6.15. The maximum atomic E-state index is 15.7. The fourth-order valence-corrected chi connectivity index (χ4v) is 4.67. The molecule has 0 bridgehead atoms. The molecule has 0 saturated heterocycles. The maximum Gasteiger partial charge on any atom is 0.310 e. The van der Waals surface area contributed by atoms with Crippen LogP contribution in [-0.4, -0.2) is 26.9 Å². The van der Waals surface area contributed by atoms with Crippen LogP contribution in [0.3, 0.4) is 0 Å². The van der Waals surface area contributed by atoms with E-state index in [0.29, 0.717) is 5.56 Å². The van der Waals surface area contributed by atoms with Crippen molar-refractivity contribution in [2.75, 3.05) is 6.61 Å². The Morgan fingerprint density at radius 3 is 2.58 bits per heavy atom. The minimum atomic E-state index is -1.45. The van der Waals surface area contributed by atoms with Crippen molar-refractivity contribution in [3.8, 4) is 16.9 Å². The maximum absolute atomic E-state index is 15.7. The number of halogens is 3. The van der Waals surface area contributed by atoms with E-state index in [-0.39, 0.29) is 65.3 Å². The highest BCUT2D eigenvalue weighted by Crippen LogP contribution is 2.36. The molecule has 2 aromatic carbocycles. The molecule has 7 nitrogen and oxygen atoms in total. The quantitative estimate of drug-likeness (QED) is 0.179. The Labute approximate surface area is 233 Å². The number of esters is 1. The summed E-state index contributed by atoms with van der Waals surface area (Å²) in [6, 6.07) is 7.94. The molecule has 1 atom stereocenters. The number of furan rings is 1. The van der Waals surface area contributed by atoms with E-state index in [0.717, 1.165) is 6.07 Å². The number of hydrogen-bond acceptors (Lipinski definition) is 7. The van der Waals surface area contributed by atoms with Gasteiger partial charge >= 0.3 is 5.97 Å². The van der Waals surface area contributed by atoms with Crippen molar-refractivity contribution in [3.63, 3.8) is 0 Å². The van der Waals surface area contributed by atoms with E-state index in [1.54, 1.807) is 27.7 Å². The smallest absolute Gasteiger partial charge is 0.310 e. The van der Waals surface area contributed by atoms with Gasteiger partial charge in [0.1, 0.15) is 34.3 Å². The summed E-state index contributed by atoms with van der Waals surface area (Å²) in [5.41, 5.74) is 0.930. The van der Waals surface area contributed by atoms with Crippen LogP contribution >= 0.6 is 0 Å². The van der Waals surface area contributed by atoms with E-state index in [9.17, 15) is 13.7 Å². The number of carbonyl (C=O) groups excluding carboxylic acids is 1. The minimum absolute atomic E-state index is 0.0281. The van der Waals surface area contributed by atoms with Crippen LogP contribution in [0.5, 0.6) is 5.75 Å². The second-order valence-electron chi connectivity index (χ2n) is 9.90. The fourth-order valence-electron chi connectivity index (χ4n) is 3.97. The van der Waals surface area contributed by atoms with Gasteiger partial charge in [-0.05, 0) is 52.0 Å². The Bertz CT molecular complexity index is 1520. The Morgan fingerprint density at radius 2 is 1.85 bits per heavy atom. The molecule has 0 fully saturated rings. The highest BCUT2D eigenvalue weighted by molar-refractivity contribution is 7.90. The van der Waals surface area contributed by atoms with Crippen molar-refractivity contribution in [3.05, 3.63) is 83.1 Å². The molecule has 0 amide bonds. The van der Waals surface area contributed by atoms with Crippen LogP contribution in [0.25, 0.3) is 22.1 Å². The molecule has 212 valence electrons. The molecule has 0 saturated carbocycles. The van der Waals surface area contributed by atoms with Crippen LogP contribution in [0.2, 0.25) is 0 Å². The van der Waals surface area contributed by atoms with E-state index in [1.807, 2.05) is 0 Å². The van der Waals surface area contributed by atoms with Crippen LogP contribution < -0.4 is 9.46 Å². The average molecular weight is 575 g/mol. The first-order chi connectivity index (χ1) is 19.0. The molecule has 40 heavy (non-hydrogen) atoms. The van der Waals surface area contributed by atoms with E-state index in [4.69, 9.17) is 13.9 Å². The van der Waals surface area contributed by atoms with Gasteiger partial charge < -0.3 is 18.4 Å². The number of ether oxygens (including phenoxy) is 2. The molecule has 11 heteroatoms. The van der Waals surface area contributed by atoms with Crippen molar-refractivity contribution in [2.45, 2.75) is 52.0 Å². The summed E-state index contributed by atoms with van der Waals surface area (Å²) in [7, 11) is 0. The van der Waals surface area contributed by atoms with Crippen LogP contribution in [0.1, 0.15) is 44.5 Å². The van der Waals surface area contributed by atoms with Gasteiger partial charge in [-0.1, -0.05) is 6.07 Å². The highest BCUT2D eigenvalue weighted by Gasteiger charge is 2.27. The molecule has 1 N–H and O–H groups in total. The number of carbonyl (C=O) groups is 1. The molecule has 0 aliphatic rings. The van der Waals surface area contributed by atoms with Gasteiger partial charge in [0, 0.05) is 45.9 Å². The highest BCUT2D eigenvalue weighted by atomic mass is 32.2. The summed E-state index contributed by atoms with van der Waals surface area (Å²) >= 11 is -1.45. The molecule has 2 heterocycles. The second-order valence-corrected chi connectivity index (χ2v) is 12.0. The number of nitrogens with one attached hydrogen (secondary N) is 1. The number of nitrogens with zero attached hydrogens (tertiary/aromatic N) is 1. The molecule has 0 radical (unpaired) electrons. The zero-order valence-electron chi connectivity index (χ0n) is 22.5.